The number of rotatable bonds is 6. The smallest absolute Gasteiger partial charge is 0.0541 e. The fourth-order valence-electron chi connectivity index (χ4n) is 2.39. The van der Waals surface area contributed by atoms with Gasteiger partial charge < -0.3 is 10.0 Å². The van der Waals surface area contributed by atoms with E-state index in [2.05, 4.69) is 27.8 Å². The SMILES string of the molecule is CC(CCBr)CCN1CCC(C(C)O)CC1. The van der Waals surface area contributed by atoms with Crippen molar-refractivity contribution in [3.63, 3.8) is 0 Å². The molecule has 3 heteroatoms. The Morgan fingerprint density at radius 3 is 2.38 bits per heavy atom. The quantitative estimate of drug-likeness (QED) is 0.761. The molecule has 2 unspecified atom stereocenters. The van der Waals surface area contributed by atoms with Crippen LogP contribution >= 0.6 is 15.9 Å². The maximum atomic E-state index is 9.53. The minimum Gasteiger partial charge on any atom is -0.393 e. The Bertz CT molecular complexity index is 179. The zero-order valence-corrected chi connectivity index (χ0v) is 12.2. The minimum atomic E-state index is -0.116. The number of nitrogens with zero attached hydrogens (tertiary/aromatic N) is 1. The van der Waals surface area contributed by atoms with Crippen LogP contribution in [0.3, 0.4) is 0 Å². The molecule has 1 rings (SSSR count). The van der Waals surface area contributed by atoms with Gasteiger partial charge in [-0.15, -0.1) is 0 Å². The second-order valence-electron chi connectivity index (χ2n) is 5.29. The van der Waals surface area contributed by atoms with E-state index in [1.165, 1.54) is 45.3 Å². The third kappa shape index (κ3) is 5.15. The maximum absolute atomic E-state index is 9.53. The van der Waals surface area contributed by atoms with E-state index in [4.69, 9.17) is 0 Å². The topological polar surface area (TPSA) is 23.5 Å². The Morgan fingerprint density at radius 1 is 1.25 bits per heavy atom. The van der Waals surface area contributed by atoms with Gasteiger partial charge in [-0.3, -0.25) is 0 Å². The molecule has 1 saturated heterocycles. The number of aliphatic hydroxyl groups is 1. The molecule has 0 saturated carbocycles. The van der Waals surface area contributed by atoms with Gasteiger partial charge in [0.05, 0.1) is 6.10 Å². The predicted molar refractivity (Wildman–Crippen MR) is 73.0 cm³/mol. The molecule has 2 atom stereocenters. The molecule has 2 nitrogen and oxygen atoms in total. The summed E-state index contributed by atoms with van der Waals surface area (Å²) in [5.74, 6) is 1.37. The molecule has 0 spiro atoms. The van der Waals surface area contributed by atoms with Crippen molar-refractivity contribution < 1.29 is 5.11 Å². The Hall–Kier alpha value is 0.400. The summed E-state index contributed by atoms with van der Waals surface area (Å²) in [7, 11) is 0. The maximum Gasteiger partial charge on any atom is 0.0541 e. The van der Waals surface area contributed by atoms with E-state index in [-0.39, 0.29) is 6.10 Å². The summed E-state index contributed by atoms with van der Waals surface area (Å²) in [6.45, 7) is 7.86. The summed E-state index contributed by atoms with van der Waals surface area (Å²) in [4.78, 5) is 2.56. The van der Waals surface area contributed by atoms with E-state index in [9.17, 15) is 5.11 Å². The van der Waals surface area contributed by atoms with Crippen LogP contribution in [-0.2, 0) is 0 Å². The van der Waals surface area contributed by atoms with Crippen molar-refractivity contribution >= 4 is 15.9 Å². The molecule has 1 heterocycles. The Kier molecular flexibility index (Phi) is 6.94. The number of halogens is 1. The lowest BCUT2D eigenvalue weighted by molar-refractivity contribution is 0.0702. The first-order valence-electron chi connectivity index (χ1n) is 6.60. The van der Waals surface area contributed by atoms with Gasteiger partial charge in [-0.05, 0) is 64.1 Å². The largest absolute Gasteiger partial charge is 0.393 e. The lowest BCUT2D eigenvalue weighted by Crippen LogP contribution is -2.37. The average Bonchev–Trinajstić information content (AvgIpc) is 2.27. The van der Waals surface area contributed by atoms with Gasteiger partial charge in [0.15, 0.2) is 0 Å². The number of hydrogen-bond acceptors (Lipinski definition) is 2. The molecule has 0 aromatic rings. The van der Waals surface area contributed by atoms with Crippen molar-refractivity contribution in [1.29, 1.82) is 0 Å². The molecule has 1 fully saturated rings. The molecule has 0 radical (unpaired) electrons. The summed E-state index contributed by atoms with van der Waals surface area (Å²) in [6, 6.07) is 0. The molecule has 16 heavy (non-hydrogen) atoms. The molecular weight excluding hydrogens is 266 g/mol. The highest BCUT2D eigenvalue weighted by Gasteiger charge is 2.22. The Morgan fingerprint density at radius 2 is 1.88 bits per heavy atom. The lowest BCUT2D eigenvalue weighted by Gasteiger charge is -2.33. The van der Waals surface area contributed by atoms with Crippen LogP contribution in [0.1, 0.15) is 39.5 Å². The average molecular weight is 292 g/mol. The van der Waals surface area contributed by atoms with E-state index in [1.807, 2.05) is 6.92 Å². The molecule has 1 aliphatic rings. The van der Waals surface area contributed by atoms with E-state index in [0.717, 1.165) is 11.2 Å². The first kappa shape index (κ1) is 14.5. The highest BCUT2D eigenvalue weighted by Crippen LogP contribution is 2.21. The fraction of sp³-hybridized carbons (Fsp3) is 1.00. The second kappa shape index (κ2) is 7.67. The molecule has 96 valence electrons. The summed E-state index contributed by atoms with van der Waals surface area (Å²) in [6.07, 6.45) is 4.82. The summed E-state index contributed by atoms with van der Waals surface area (Å²) >= 11 is 3.50. The van der Waals surface area contributed by atoms with E-state index < -0.39 is 0 Å². The summed E-state index contributed by atoms with van der Waals surface area (Å²) < 4.78 is 0. The molecule has 1 N–H and O–H groups in total. The van der Waals surface area contributed by atoms with Crippen LogP contribution in [-0.4, -0.2) is 41.1 Å². The molecular formula is C13H26BrNO. The van der Waals surface area contributed by atoms with Crippen LogP contribution in [0.2, 0.25) is 0 Å². The third-order valence-corrected chi connectivity index (χ3v) is 4.31. The number of likely N-dealkylation sites (tertiary alicyclic amines) is 1. The van der Waals surface area contributed by atoms with Crippen molar-refractivity contribution in [3.05, 3.63) is 0 Å². The normalized spacial score (nSPS) is 23.2. The second-order valence-corrected chi connectivity index (χ2v) is 6.08. The number of hydrogen-bond donors (Lipinski definition) is 1. The summed E-state index contributed by atoms with van der Waals surface area (Å²) in [5.41, 5.74) is 0. The van der Waals surface area contributed by atoms with E-state index in [0.29, 0.717) is 5.92 Å². The van der Waals surface area contributed by atoms with Gasteiger partial charge in [0.1, 0.15) is 0 Å². The highest BCUT2D eigenvalue weighted by molar-refractivity contribution is 9.09. The highest BCUT2D eigenvalue weighted by atomic mass is 79.9. The molecule has 0 amide bonds. The monoisotopic (exact) mass is 291 g/mol. The van der Waals surface area contributed by atoms with Gasteiger partial charge in [0, 0.05) is 5.33 Å². The zero-order valence-electron chi connectivity index (χ0n) is 10.7. The standard InChI is InChI=1S/C13H26BrNO/c1-11(3-7-14)4-8-15-9-5-13(6-10-15)12(2)16/h11-13,16H,3-10H2,1-2H3. The third-order valence-electron chi connectivity index (χ3n) is 3.85. The van der Waals surface area contributed by atoms with Crippen LogP contribution in [0.15, 0.2) is 0 Å². The predicted octanol–water partition coefficient (Wildman–Crippen LogP) is 2.89. The van der Waals surface area contributed by atoms with Gasteiger partial charge in [-0.1, -0.05) is 22.9 Å². The number of aliphatic hydroxyl groups excluding tert-OH is 1. The first-order chi connectivity index (χ1) is 7.63. The van der Waals surface area contributed by atoms with Gasteiger partial charge in [-0.25, -0.2) is 0 Å². The van der Waals surface area contributed by atoms with Crippen LogP contribution in [0, 0.1) is 11.8 Å². The Balaban J connectivity index is 2.12. The summed E-state index contributed by atoms with van der Waals surface area (Å²) in [5, 5.41) is 10.7. The van der Waals surface area contributed by atoms with Crippen molar-refractivity contribution in [3.8, 4) is 0 Å². The molecule has 0 aromatic heterocycles. The van der Waals surface area contributed by atoms with Crippen molar-refractivity contribution in [2.45, 2.75) is 45.6 Å². The molecule has 0 aliphatic carbocycles. The number of alkyl halides is 1. The van der Waals surface area contributed by atoms with Crippen LogP contribution in [0.5, 0.6) is 0 Å². The molecule has 1 aliphatic heterocycles. The fourth-order valence-corrected chi connectivity index (χ4v) is 3.17. The molecule has 0 aromatic carbocycles. The zero-order chi connectivity index (χ0) is 12.0. The molecule has 0 bridgehead atoms. The Labute approximate surface area is 109 Å². The van der Waals surface area contributed by atoms with Crippen LogP contribution in [0.25, 0.3) is 0 Å². The van der Waals surface area contributed by atoms with Crippen LogP contribution < -0.4 is 0 Å². The van der Waals surface area contributed by atoms with Gasteiger partial charge in [0.25, 0.3) is 0 Å². The lowest BCUT2D eigenvalue weighted by atomic mass is 9.92. The van der Waals surface area contributed by atoms with Crippen molar-refractivity contribution in [1.82, 2.24) is 4.90 Å². The van der Waals surface area contributed by atoms with E-state index >= 15 is 0 Å². The van der Waals surface area contributed by atoms with Crippen LogP contribution in [0.4, 0.5) is 0 Å². The first-order valence-corrected chi connectivity index (χ1v) is 7.72. The van der Waals surface area contributed by atoms with Gasteiger partial charge in [-0.2, -0.15) is 0 Å². The minimum absolute atomic E-state index is 0.116. The van der Waals surface area contributed by atoms with Crippen molar-refractivity contribution in [2.75, 3.05) is 25.0 Å². The number of piperidine rings is 1. The van der Waals surface area contributed by atoms with Gasteiger partial charge >= 0.3 is 0 Å². The van der Waals surface area contributed by atoms with Crippen molar-refractivity contribution in [2.24, 2.45) is 11.8 Å². The van der Waals surface area contributed by atoms with E-state index in [1.54, 1.807) is 0 Å². The van der Waals surface area contributed by atoms with Gasteiger partial charge in [0.2, 0.25) is 0 Å².